The number of hydrogen-bond acceptors (Lipinski definition) is 3. The molecule has 0 aromatic heterocycles. The van der Waals surface area contributed by atoms with Crippen molar-refractivity contribution in [1.82, 2.24) is 10.2 Å². The lowest BCUT2D eigenvalue weighted by Crippen LogP contribution is -2.48. The van der Waals surface area contributed by atoms with Crippen molar-refractivity contribution in [3.63, 3.8) is 0 Å². The highest BCUT2D eigenvalue weighted by atomic mass is 15.2. The van der Waals surface area contributed by atoms with E-state index in [1.165, 1.54) is 64.5 Å². The van der Waals surface area contributed by atoms with Crippen molar-refractivity contribution in [3.05, 3.63) is 0 Å². The second kappa shape index (κ2) is 6.67. The van der Waals surface area contributed by atoms with E-state index in [-0.39, 0.29) is 5.54 Å². The lowest BCUT2D eigenvalue weighted by Gasteiger charge is -2.44. The molecule has 3 atom stereocenters. The lowest BCUT2D eigenvalue weighted by molar-refractivity contribution is 0.0585. The third-order valence-corrected chi connectivity index (χ3v) is 5.83. The van der Waals surface area contributed by atoms with Crippen molar-refractivity contribution in [3.8, 4) is 6.07 Å². The summed E-state index contributed by atoms with van der Waals surface area (Å²) < 4.78 is 0. The van der Waals surface area contributed by atoms with Gasteiger partial charge in [-0.3, -0.25) is 5.32 Å². The first-order chi connectivity index (χ1) is 10.2. The zero-order valence-electron chi connectivity index (χ0n) is 13.6. The SMILES string of the molecule is CC(C#N)(CCCN1CCCC2CCCCC21)NC1CC1. The van der Waals surface area contributed by atoms with Gasteiger partial charge in [0.05, 0.1) is 6.07 Å². The van der Waals surface area contributed by atoms with Gasteiger partial charge < -0.3 is 4.90 Å². The van der Waals surface area contributed by atoms with Gasteiger partial charge in [0.25, 0.3) is 0 Å². The molecule has 0 radical (unpaired) electrons. The summed E-state index contributed by atoms with van der Waals surface area (Å²) in [4.78, 5) is 2.75. The molecule has 0 aromatic rings. The number of nitriles is 1. The maximum atomic E-state index is 9.46. The highest BCUT2D eigenvalue weighted by Crippen LogP contribution is 2.35. The van der Waals surface area contributed by atoms with E-state index in [0.29, 0.717) is 6.04 Å². The molecular weight excluding hydrogens is 258 g/mol. The number of piperidine rings is 1. The Balaban J connectivity index is 1.46. The van der Waals surface area contributed by atoms with Crippen molar-refractivity contribution in [2.45, 2.75) is 88.8 Å². The smallest absolute Gasteiger partial charge is 0.104 e. The van der Waals surface area contributed by atoms with Gasteiger partial charge in [-0.05, 0) is 77.3 Å². The second-order valence-electron chi connectivity index (χ2n) is 7.76. The summed E-state index contributed by atoms with van der Waals surface area (Å²) in [6.07, 6.45) is 13.3. The summed E-state index contributed by atoms with van der Waals surface area (Å²) in [7, 11) is 0. The molecule has 1 aliphatic heterocycles. The maximum absolute atomic E-state index is 9.46. The molecule has 2 aliphatic carbocycles. The number of nitrogens with one attached hydrogen (secondary N) is 1. The van der Waals surface area contributed by atoms with Crippen molar-refractivity contribution >= 4 is 0 Å². The van der Waals surface area contributed by atoms with Crippen LogP contribution in [-0.2, 0) is 0 Å². The number of likely N-dealkylation sites (tertiary alicyclic amines) is 1. The zero-order chi connectivity index (χ0) is 14.7. The Morgan fingerprint density at radius 3 is 2.67 bits per heavy atom. The van der Waals surface area contributed by atoms with Gasteiger partial charge in [-0.2, -0.15) is 5.26 Å². The third-order valence-electron chi connectivity index (χ3n) is 5.83. The Bertz CT molecular complexity index is 382. The highest BCUT2D eigenvalue weighted by Gasteiger charge is 2.34. The molecular formula is C18H31N3. The number of hydrogen-bond donors (Lipinski definition) is 1. The molecule has 3 fully saturated rings. The van der Waals surface area contributed by atoms with E-state index >= 15 is 0 Å². The van der Waals surface area contributed by atoms with E-state index in [0.717, 1.165) is 24.8 Å². The Labute approximate surface area is 130 Å². The second-order valence-corrected chi connectivity index (χ2v) is 7.76. The average molecular weight is 289 g/mol. The fourth-order valence-electron chi connectivity index (χ4n) is 4.48. The van der Waals surface area contributed by atoms with Gasteiger partial charge in [-0.25, -0.2) is 0 Å². The lowest BCUT2D eigenvalue weighted by atomic mass is 9.78. The van der Waals surface area contributed by atoms with Crippen LogP contribution in [0.2, 0.25) is 0 Å². The van der Waals surface area contributed by atoms with Crippen LogP contribution in [0.5, 0.6) is 0 Å². The minimum atomic E-state index is -0.303. The Kier molecular flexibility index (Phi) is 4.86. The van der Waals surface area contributed by atoms with Crippen LogP contribution in [0.4, 0.5) is 0 Å². The van der Waals surface area contributed by atoms with Crippen molar-refractivity contribution < 1.29 is 0 Å². The number of rotatable bonds is 6. The Morgan fingerprint density at radius 1 is 1.14 bits per heavy atom. The van der Waals surface area contributed by atoms with Gasteiger partial charge in [0, 0.05) is 12.1 Å². The van der Waals surface area contributed by atoms with Crippen molar-refractivity contribution in [2.75, 3.05) is 13.1 Å². The average Bonchev–Trinajstić information content (AvgIpc) is 3.31. The summed E-state index contributed by atoms with van der Waals surface area (Å²) in [5.74, 6) is 0.972. The molecule has 0 bridgehead atoms. The van der Waals surface area contributed by atoms with Gasteiger partial charge in [0.15, 0.2) is 0 Å². The van der Waals surface area contributed by atoms with Gasteiger partial charge in [0.2, 0.25) is 0 Å². The topological polar surface area (TPSA) is 39.1 Å². The maximum Gasteiger partial charge on any atom is 0.104 e. The van der Waals surface area contributed by atoms with E-state index in [4.69, 9.17) is 0 Å². The fourth-order valence-corrected chi connectivity index (χ4v) is 4.48. The molecule has 3 nitrogen and oxygen atoms in total. The first-order valence-corrected chi connectivity index (χ1v) is 9.13. The van der Waals surface area contributed by atoms with Crippen LogP contribution in [-0.4, -0.2) is 35.6 Å². The van der Waals surface area contributed by atoms with Crippen LogP contribution in [0.3, 0.4) is 0 Å². The molecule has 0 aromatic carbocycles. The summed E-state index contributed by atoms with van der Waals surface area (Å²) in [5, 5.41) is 13.0. The predicted molar refractivity (Wildman–Crippen MR) is 86.0 cm³/mol. The summed E-state index contributed by atoms with van der Waals surface area (Å²) in [5.41, 5.74) is -0.303. The van der Waals surface area contributed by atoms with Crippen molar-refractivity contribution in [1.29, 1.82) is 5.26 Å². The molecule has 1 heterocycles. The molecule has 1 N–H and O–H groups in total. The minimum absolute atomic E-state index is 0.303. The van der Waals surface area contributed by atoms with Crippen LogP contribution >= 0.6 is 0 Å². The highest BCUT2D eigenvalue weighted by molar-refractivity contribution is 5.07. The van der Waals surface area contributed by atoms with E-state index in [1.807, 2.05) is 0 Å². The van der Waals surface area contributed by atoms with Gasteiger partial charge in [0.1, 0.15) is 5.54 Å². The molecule has 3 rings (SSSR count). The standard InChI is InChI=1S/C18H31N3/c1-18(14-19,20-16-9-10-16)11-5-13-21-12-4-7-15-6-2-3-8-17(15)21/h15-17,20H,2-13H2,1H3. The first kappa shape index (κ1) is 15.3. The molecule has 118 valence electrons. The van der Waals surface area contributed by atoms with E-state index in [9.17, 15) is 5.26 Å². The monoisotopic (exact) mass is 289 g/mol. The molecule has 2 saturated carbocycles. The largest absolute Gasteiger partial charge is 0.300 e. The normalized spacial score (nSPS) is 33.0. The Hall–Kier alpha value is -0.590. The fraction of sp³-hybridized carbons (Fsp3) is 0.944. The molecule has 0 amide bonds. The molecule has 21 heavy (non-hydrogen) atoms. The summed E-state index contributed by atoms with van der Waals surface area (Å²) >= 11 is 0. The predicted octanol–water partition coefficient (Wildman–Crippen LogP) is 3.46. The first-order valence-electron chi connectivity index (χ1n) is 9.13. The van der Waals surface area contributed by atoms with E-state index < -0.39 is 0 Å². The quantitative estimate of drug-likeness (QED) is 0.814. The van der Waals surface area contributed by atoms with Crippen LogP contribution < -0.4 is 5.32 Å². The number of fused-ring (bicyclic) bond motifs is 1. The minimum Gasteiger partial charge on any atom is -0.300 e. The van der Waals surface area contributed by atoms with E-state index in [1.54, 1.807) is 0 Å². The molecule has 3 unspecified atom stereocenters. The summed E-state index contributed by atoms with van der Waals surface area (Å²) in [6, 6.07) is 3.99. The van der Waals surface area contributed by atoms with E-state index in [2.05, 4.69) is 23.2 Å². The molecule has 3 heteroatoms. The Morgan fingerprint density at radius 2 is 1.90 bits per heavy atom. The van der Waals surface area contributed by atoms with Gasteiger partial charge in [-0.15, -0.1) is 0 Å². The van der Waals surface area contributed by atoms with Gasteiger partial charge in [-0.1, -0.05) is 12.8 Å². The third kappa shape index (κ3) is 3.99. The molecule has 0 spiro atoms. The van der Waals surface area contributed by atoms with Gasteiger partial charge >= 0.3 is 0 Å². The van der Waals surface area contributed by atoms with Crippen LogP contribution in [0.1, 0.15) is 71.1 Å². The molecule has 1 saturated heterocycles. The zero-order valence-corrected chi connectivity index (χ0v) is 13.6. The van der Waals surface area contributed by atoms with Crippen LogP contribution in [0.25, 0.3) is 0 Å². The van der Waals surface area contributed by atoms with Crippen molar-refractivity contribution in [2.24, 2.45) is 5.92 Å². The van der Waals surface area contributed by atoms with Crippen LogP contribution in [0, 0.1) is 17.2 Å². The molecule has 3 aliphatic rings. The number of nitrogens with zero attached hydrogens (tertiary/aromatic N) is 2. The summed E-state index contributed by atoms with van der Waals surface area (Å²) in [6.45, 7) is 4.58. The van der Waals surface area contributed by atoms with Crippen LogP contribution in [0.15, 0.2) is 0 Å².